The van der Waals surface area contributed by atoms with Gasteiger partial charge in [-0.05, 0) is 25.0 Å². The van der Waals surface area contributed by atoms with E-state index in [0.717, 1.165) is 12.8 Å². The van der Waals surface area contributed by atoms with Crippen LogP contribution in [-0.2, 0) is 9.53 Å². The third-order valence-corrected chi connectivity index (χ3v) is 4.25. The summed E-state index contributed by atoms with van der Waals surface area (Å²) in [6, 6.07) is 6.78. The summed E-state index contributed by atoms with van der Waals surface area (Å²) < 4.78 is 43.6. The second kappa shape index (κ2) is 6.39. The minimum Gasteiger partial charge on any atom is -0.381 e. The highest BCUT2D eigenvalue weighted by molar-refractivity contribution is 5.99. The molecule has 4 nitrogen and oxygen atoms in total. The highest BCUT2D eigenvalue weighted by Gasteiger charge is 2.36. The molecule has 0 aliphatic carbocycles. The summed E-state index contributed by atoms with van der Waals surface area (Å²) in [5.74, 6) is -0.255. The van der Waals surface area contributed by atoms with Crippen molar-refractivity contribution in [2.24, 2.45) is 5.92 Å². The molecule has 1 fully saturated rings. The fraction of sp³-hybridized carbons (Fsp3) is 0.562. The van der Waals surface area contributed by atoms with Crippen molar-refractivity contribution >= 4 is 17.3 Å². The Bertz CT molecular complexity index is 571. The molecule has 1 aromatic carbocycles. The lowest BCUT2D eigenvalue weighted by Gasteiger charge is -2.39. The molecule has 0 saturated carbocycles. The molecule has 1 amide bonds. The molecule has 2 heterocycles. The first-order valence-electron chi connectivity index (χ1n) is 7.75. The fourth-order valence-corrected chi connectivity index (χ4v) is 3.19. The highest BCUT2D eigenvalue weighted by atomic mass is 19.4. The minimum absolute atomic E-state index is 0.0520. The average Bonchev–Trinajstić information content (AvgIpc) is 2.54. The van der Waals surface area contributed by atoms with Crippen LogP contribution in [-0.4, -0.2) is 44.9 Å². The molecule has 2 aliphatic heterocycles. The summed E-state index contributed by atoms with van der Waals surface area (Å²) >= 11 is 0. The SMILES string of the molecule is O=C([C@@H]1CCCOC1)N1CCN(CC(F)(F)F)c2ccccc21. The lowest BCUT2D eigenvalue weighted by Crippen LogP contribution is -2.49. The Balaban J connectivity index is 1.83. The van der Waals surface area contributed by atoms with E-state index in [0.29, 0.717) is 24.6 Å². The number of nitrogens with zero attached hydrogens (tertiary/aromatic N) is 2. The number of carbonyl (C=O) groups excluding carboxylic acids is 1. The van der Waals surface area contributed by atoms with Gasteiger partial charge in [-0.3, -0.25) is 4.79 Å². The van der Waals surface area contributed by atoms with Gasteiger partial charge in [-0.15, -0.1) is 0 Å². The number of fused-ring (bicyclic) bond motifs is 1. The molecule has 0 N–H and O–H groups in total. The number of rotatable bonds is 2. The molecule has 0 spiro atoms. The zero-order valence-electron chi connectivity index (χ0n) is 12.7. The number of benzene rings is 1. The first-order chi connectivity index (χ1) is 11.0. The third kappa shape index (κ3) is 3.60. The van der Waals surface area contributed by atoms with Crippen LogP contribution in [0.15, 0.2) is 24.3 Å². The van der Waals surface area contributed by atoms with Gasteiger partial charge in [0.15, 0.2) is 0 Å². The molecule has 126 valence electrons. The largest absolute Gasteiger partial charge is 0.405 e. The molecular formula is C16H19F3N2O2. The Morgan fingerprint density at radius 3 is 2.61 bits per heavy atom. The van der Waals surface area contributed by atoms with Crippen LogP contribution >= 0.6 is 0 Å². The normalized spacial score (nSPS) is 22.0. The van der Waals surface area contributed by atoms with E-state index in [2.05, 4.69) is 0 Å². The predicted molar refractivity (Wildman–Crippen MR) is 80.6 cm³/mol. The van der Waals surface area contributed by atoms with E-state index in [1.54, 1.807) is 29.2 Å². The van der Waals surface area contributed by atoms with Crippen LogP contribution < -0.4 is 9.80 Å². The molecule has 3 rings (SSSR count). The number of hydrogen-bond donors (Lipinski definition) is 0. The number of alkyl halides is 3. The van der Waals surface area contributed by atoms with Gasteiger partial charge in [0.1, 0.15) is 6.54 Å². The maximum Gasteiger partial charge on any atom is 0.405 e. The summed E-state index contributed by atoms with van der Waals surface area (Å²) in [6.45, 7) is 0.500. The number of halogens is 3. The van der Waals surface area contributed by atoms with E-state index >= 15 is 0 Å². The highest BCUT2D eigenvalue weighted by Crippen LogP contribution is 2.36. The third-order valence-electron chi connectivity index (χ3n) is 4.25. The van der Waals surface area contributed by atoms with E-state index < -0.39 is 12.7 Å². The molecule has 0 unspecified atom stereocenters. The van der Waals surface area contributed by atoms with Crippen molar-refractivity contribution < 1.29 is 22.7 Å². The molecule has 0 aromatic heterocycles. The van der Waals surface area contributed by atoms with Crippen LogP contribution in [0.25, 0.3) is 0 Å². The second-order valence-corrected chi connectivity index (χ2v) is 5.93. The van der Waals surface area contributed by atoms with Gasteiger partial charge in [0.25, 0.3) is 0 Å². The Morgan fingerprint density at radius 1 is 1.22 bits per heavy atom. The molecule has 0 bridgehead atoms. The van der Waals surface area contributed by atoms with Crippen LogP contribution in [0.2, 0.25) is 0 Å². The van der Waals surface area contributed by atoms with Gasteiger partial charge in [0, 0.05) is 19.7 Å². The number of anilines is 2. The predicted octanol–water partition coefficient (Wildman–Crippen LogP) is 2.83. The Morgan fingerprint density at radius 2 is 1.96 bits per heavy atom. The molecule has 23 heavy (non-hydrogen) atoms. The van der Waals surface area contributed by atoms with Crippen LogP contribution in [0, 0.1) is 5.92 Å². The Kier molecular flexibility index (Phi) is 4.48. The van der Waals surface area contributed by atoms with Gasteiger partial charge in [-0.1, -0.05) is 12.1 Å². The zero-order chi connectivity index (χ0) is 16.4. The number of hydrogen-bond acceptors (Lipinski definition) is 3. The maximum atomic E-state index is 12.7. The van der Waals surface area contributed by atoms with E-state index in [4.69, 9.17) is 4.74 Å². The van der Waals surface area contributed by atoms with E-state index in [1.165, 1.54) is 4.90 Å². The summed E-state index contributed by atoms with van der Waals surface area (Å²) in [6.07, 6.45) is -2.66. The van der Waals surface area contributed by atoms with Crippen LogP contribution in [0.5, 0.6) is 0 Å². The number of carbonyl (C=O) groups is 1. The van der Waals surface area contributed by atoms with Gasteiger partial charge in [0.2, 0.25) is 5.91 Å². The lowest BCUT2D eigenvalue weighted by molar-refractivity contribution is -0.126. The van der Waals surface area contributed by atoms with Crippen molar-refractivity contribution in [3.05, 3.63) is 24.3 Å². The second-order valence-electron chi connectivity index (χ2n) is 5.93. The molecule has 1 saturated heterocycles. The zero-order valence-corrected chi connectivity index (χ0v) is 12.7. The van der Waals surface area contributed by atoms with Crippen LogP contribution in [0.4, 0.5) is 24.5 Å². The van der Waals surface area contributed by atoms with Gasteiger partial charge >= 0.3 is 6.18 Å². The van der Waals surface area contributed by atoms with Gasteiger partial charge in [-0.2, -0.15) is 13.2 Å². The van der Waals surface area contributed by atoms with Gasteiger partial charge in [-0.25, -0.2) is 0 Å². The van der Waals surface area contributed by atoms with E-state index in [9.17, 15) is 18.0 Å². The van der Waals surface area contributed by atoms with E-state index in [-0.39, 0.29) is 24.9 Å². The number of amides is 1. The molecular weight excluding hydrogens is 309 g/mol. The van der Waals surface area contributed by atoms with Crippen molar-refractivity contribution in [1.82, 2.24) is 0 Å². The summed E-state index contributed by atoms with van der Waals surface area (Å²) in [7, 11) is 0. The summed E-state index contributed by atoms with van der Waals surface area (Å²) in [4.78, 5) is 15.6. The van der Waals surface area contributed by atoms with Gasteiger partial charge in [0.05, 0.1) is 23.9 Å². The van der Waals surface area contributed by atoms with Crippen LogP contribution in [0.1, 0.15) is 12.8 Å². The quantitative estimate of drug-likeness (QED) is 0.837. The monoisotopic (exact) mass is 328 g/mol. The fourth-order valence-electron chi connectivity index (χ4n) is 3.19. The average molecular weight is 328 g/mol. The Hall–Kier alpha value is -1.76. The van der Waals surface area contributed by atoms with Crippen molar-refractivity contribution in [2.45, 2.75) is 19.0 Å². The Labute approximate surface area is 132 Å². The molecule has 1 atom stereocenters. The molecule has 1 aromatic rings. The van der Waals surface area contributed by atoms with Crippen molar-refractivity contribution in [2.75, 3.05) is 42.6 Å². The summed E-state index contributed by atoms with van der Waals surface area (Å²) in [5.41, 5.74) is 1.01. The smallest absolute Gasteiger partial charge is 0.381 e. The van der Waals surface area contributed by atoms with Crippen molar-refractivity contribution in [1.29, 1.82) is 0 Å². The number of ether oxygens (including phenoxy) is 1. The lowest BCUT2D eigenvalue weighted by atomic mass is 9.99. The first-order valence-corrected chi connectivity index (χ1v) is 7.75. The molecule has 0 radical (unpaired) electrons. The minimum atomic E-state index is -4.27. The number of para-hydroxylation sites is 2. The topological polar surface area (TPSA) is 32.8 Å². The molecule has 7 heteroatoms. The molecule has 2 aliphatic rings. The maximum absolute atomic E-state index is 12.7. The van der Waals surface area contributed by atoms with Gasteiger partial charge < -0.3 is 14.5 Å². The standard InChI is InChI=1S/C16H19F3N2O2/c17-16(18,19)11-20-7-8-21(14-6-2-1-5-13(14)20)15(22)12-4-3-9-23-10-12/h1-2,5-6,12H,3-4,7-11H2/t12-/m1/s1. The van der Waals surface area contributed by atoms with Crippen LogP contribution in [0.3, 0.4) is 0 Å². The first kappa shape index (κ1) is 16.1. The van der Waals surface area contributed by atoms with Crippen molar-refractivity contribution in [3.63, 3.8) is 0 Å². The summed E-state index contributed by atoms with van der Waals surface area (Å²) in [5, 5.41) is 0. The van der Waals surface area contributed by atoms with E-state index in [1.807, 2.05) is 0 Å². The van der Waals surface area contributed by atoms with Crippen molar-refractivity contribution in [3.8, 4) is 0 Å².